The quantitative estimate of drug-likeness (QED) is 0.770. The Hall–Kier alpha value is -0.910. The minimum atomic E-state index is -0.473. The van der Waals surface area contributed by atoms with Crippen LogP contribution in [-0.2, 0) is 6.42 Å². The highest BCUT2D eigenvalue weighted by Crippen LogP contribution is 2.34. The van der Waals surface area contributed by atoms with E-state index in [2.05, 4.69) is 71.1 Å². The van der Waals surface area contributed by atoms with Crippen LogP contribution in [0.15, 0.2) is 48.5 Å². The van der Waals surface area contributed by atoms with E-state index in [4.69, 9.17) is 0 Å². The molecule has 0 bridgehead atoms. The van der Waals surface area contributed by atoms with Crippen molar-refractivity contribution in [2.24, 2.45) is 0 Å². The number of hydrogen-bond acceptors (Lipinski definition) is 2. The van der Waals surface area contributed by atoms with Gasteiger partial charge in [0, 0.05) is 16.0 Å². The van der Waals surface area contributed by atoms with E-state index in [1.807, 2.05) is 11.9 Å². The van der Waals surface area contributed by atoms with Crippen molar-refractivity contribution in [1.29, 1.82) is 0 Å². The highest BCUT2D eigenvalue weighted by atomic mass is 127. The molecule has 104 valence electrons. The predicted molar refractivity (Wildman–Crippen MR) is 89.8 cm³/mol. The fourth-order valence-electron chi connectivity index (χ4n) is 2.93. The summed E-state index contributed by atoms with van der Waals surface area (Å²) in [5, 5.41) is 10.7. The Morgan fingerprint density at radius 1 is 1.10 bits per heavy atom. The molecule has 0 radical (unpaired) electrons. The van der Waals surface area contributed by atoms with Crippen LogP contribution < -0.4 is 0 Å². The van der Waals surface area contributed by atoms with Gasteiger partial charge in [-0.15, -0.1) is 0 Å². The van der Waals surface area contributed by atoms with Gasteiger partial charge in [-0.2, -0.15) is 0 Å². The zero-order chi connectivity index (χ0) is 14.1. The zero-order valence-corrected chi connectivity index (χ0v) is 13.6. The molecule has 20 heavy (non-hydrogen) atoms. The van der Waals surface area contributed by atoms with Crippen LogP contribution in [0.4, 0.5) is 0 Å². The van der Waals surface area contributed by atoms with Gasteiger partial charge in [-0.3, -0.25) is 4.90 Å². The van der Waals surface area contributed by atoms with E-state index in [1.54, 1.807) is 0 Å². The first-order valence-electron chi connectivity index (χ1n) is 6.88. The SMILES string of the molecule is CN1CCc2ccccc2C(c2ccc(I)cc2)C1O. The molecule has 3 rings (SSSR count). The van der Waals surface area contributed by atoms with E-state index in [9.17, 15) is 5.11 Å². The monoisotopic (exact) mass is 379 g/mol. The van der Waals surface area contributed by atoms with Crippen molar-refractivity contribution >= 4 is 22.6 Å². The van der Waals surface area contributed by atoms with Crippen molar-refractivity contribution in [3.63, 3.8) is 0 Å². The summed E-state index contributed by atoms with van der Waals surface area (Å²) >= 11 is 2.31. The van der Waals surface area contributed by atoms with Crippen molar-refractivity contribution < 1.29 is 5.11 Å². The molecule has 2 unspecified atom stereocenters. The zero-order valence-electron chi connectivity index (χ0n) is 11.5. The van der Waals surface area contributed by atoms with Gasteiger partial charge in [-0.25, -0.2) is 0 Å². The van der Waals surface area contributed by atoms with Crippen molar-refractivity contribution in [3.05, 3.63) is 68.8 Å². The number of hydrogen-bond donors (Lipinski definition) is 1. The van der Waals surface area contributed by atoms with Crippen molar-refractivity contribution in [2.75, 3.05) is 13.6 Å². The second-order valence-corrected chi connectivity index (χ2v) is 6.62. The Bertz CT molecular complexity index is 596. The highest BCUT2D eigenvalue weighted by molar-refractivity contribution is 14.1. The molecule has 0 fully saturated rings. The van der Waals surface area contributed by atoms with Gasteiger partial charge in [0.2, 0.25) is 0 Å². The van der Waals surface area contributed by atoms with Crippen LogP contribution in [-0.4, -0.2) is 29.8 Å². The summed E-state index contributed by atoms with van der Waals surface area (Å²) in [6.07, 6.45) is 0.517. The van der Waals surface area contributed by atoms with Crippen LogP contribution >= 0.6 is 22.6 Å². The summed E-state index contributed by atoms with van der Waals surface area (Å²) < 4.78 is 1.22. The maximum Gasteiger partial charge on any atom is 0.118 e. The maximum atomic E-state index is 10.7. The van der Waals surface area contributed by atoms with E-state index < -0.39 is 6.23 Å². The molecule has 2 nitrogen and oxygen atoms in total. The lowest BCUT2D eigenvalue weighted by molar-refractivity contribution is 0.0140. The topological polar surface area (TPSA) is 23.5 Å². The fourth-order valence-corrected chi connectivity index (χ4v) is 3.29. The summed E-state index contributed by atoms with van der Waals surface area (Å²) in [6.45, 7) is 0.888. The lowest BCUT2D eigenvalue weighted by Crippen LogP contribution is -2.36. The summed E-state index contributed by atoms with van der Waals surface area (Å²) in [7, 11) is 2.00. The van der Waals surface area contributed by atoms with Gasteiger partial charge in [-0.05, 0) is 64.9 Å². The fraction of sp³-hybridized carbons (Fsp3) is 0.294. The molecular weight excluding hydrogens is 361 g/mol. The van der Waals surface area contributed by atoms with Crippen LogP contribution in [0, 0.1) is 3.57 Å². The Morgan fingerprint density at radius 2 is 1.80 bits per heavy atom. The van der Waals surface area contributed by atoms with E-state index >= 15 is 0 Å². The van der Waals surface area contributed by atoms with Crippen LogP contribution in [0.25, 0.3) is 0 Å². The normalized spacial score (nSPS) is 23.1. The molecule has 2 aromatic rings. The first kappa shape index (κ1) is 14.0. The molecule has 2 aromatic carbocycles. The van der Waals surface area contributed by atoms with Gasteiger partial charge in [0.25, 0.3) is 0 Å². The summed E-state index contributed by atoms with van der Waals surface area (Å²) in [5.41, 5.74) is 3.78. The number of aliphatic hydroxyl groups excluding tert-OH is 1. The Balaban J connectivity index is 2.11. The molecule has 1 aliphatic heterocycles. The number of rotatable bonds is 1. The molecule has 0 spiro atoms. The van der Waals surface area contributed by atoms with Crippen LogP contribution in [0.3, 0.4) is 0 Å². The first-order valence-corrected chi connectivity index (χ1v) is 7.96. The lowest BCUT2D eigenvalue weighted by Gasteiger charge is -2.29. The lowest BCUT2D eigenvalue weighted by atomic mass is 9.87. The summed E-state index contributed by atoms with van der Waals surface area (Å²) in [6, 6.07) is 17.0. The molecule has 3 heteroatoms. The van der Waals surface area contributed by atoms with Crippen LogP contribution in [0.1, 0.15) is 22.6 Å². The number of benzene rings is 2. The third-order valence-corrected chi connectivity index (χ3v) is 4.82. The molecule has 1 heterocycles. The Kier molecular flexibility index (Phi) is 4.10. The average molecular weight is 379 g/mol. The molecule has 1 N–H and O–H groups in total. The molecule has 2 atom stereocenters. The van der Waals surface area contributed by atoms with E-state index in [0.717, 1.165) is 13.0 Å². The van der Waals surface area contributed by atoms with Gasteiger partial charge in [-0.1, -0.05) is 36.4 Å². The number of aliphatic hydroxyl groups is 1. The largest absolute Gasteiger partial charge is 0.377 e. The number of likely N-dealkylation sites (N-methyl/N-ethyl adjacent to an activating group) is 1. The molecule has 0 aromatic heterocycles. The Labute approximate surface area is 133 Å². The van der Waals surface area contributed by atoms with Crippen molar-refractivity contribution in [2.45, 2.75) is 18.6 Å². The first-order chi connectivity index (χ1) is 9.66. The van der Waals surface area contributed by atoms with Gasteiger partial charge in [0.15, 0.2) is 0 Å². The molecule has 0 aliphatic carbocycles. The number of fused-ring (bicyclic) bond motifs is 1. The summed E-state index contributed by atoms with van der Waals surface area (Å²) in [5.74, 6) is 0.0238. The van der Waals surface area contributed by atoms with Gasteiger partial charge < -0.3 is 5.11 Å². The highest BCUT2D eigenvalue weighted by Gasteiger charge is 2.30. The van der Waals surface area contributed by atoms with E-state index in [0.29, 0.717) is 0 Å². The van der Waals surface area contributed by atoms with Crippen LogP contribution in [0.2, 0.25) is 0 Å². The second-order valence-electron chi connectivity index (χ2n) is 5.37. The molecule has 1 aliphatic rings. The number of halogens is 1. The van der Waals surface area contributed by atoms with Crippen molar-refractivity contribution in [3.8, 4) is 0 Å². The van der Waals surface area contributed by atoms with E-state index in [-0.39, 0.29) is 5.92 Å². The molecule has 0 amide bonds. The smallest absolute Gasteiger partial charge is 0.118 e. The van der Waals surface area contributed by atoms with Crippen LogP contribution in [0.5, 0.6) is 0 Å². The minimum Gasteiger partial charge on any atom is -0.377 e. The third kappa shape index (κ3) is 2.62. The minimum absolute atomic E-state index is 0.0238. The number of nitrogens with zero attached hydrogens (tertiary/aromatic N) is 1. The predicted octanol–water partition coefficient (Wildman–Crippen LogP) is 3.23. The third-order valence-electron chi connectivity index (χ3n) is 4.10. The van der Waals surface area contributed by atoms with Gasteiger partial charge >= 0.3 is 0 Å². The van der Waals surface area contributed by atoms with Gasteiger partial charge in [0.1, 0.15) is 6.23 Å². The molecule has 0 saturated heterocycles. The molecule has 0 saturated carbocycles. The van der Waals surface area contributed by atoms with E-state index in [1.165, 1.54) is 20.3 Å². The van der Waals surface area contributed by atoms with Gasteiger partial charge in [0.05, 0.1) is 0 Å². The maximum absolute atomic E-state index is 10.7. The van der Waals surface area contributed by atoms with Crippen molar-refractivity contribution in [1.82, 2.24) is 4.90 Å². The standard InChI is InChI=1S/C17H18INO/c1-19-11-10-12-4-2-3-5-15(12)16(17(19)20)13-6-8-14(18)9-7-13/h2-9,16-17,20H,10-11H2,1H3. The average Bonchev–Trinajstić information content (AvgIpc) is 2.59. The second kappa shape index (κ2) is 5.84. The summed E-state index contributed by atoms with van der Waals surface area (Å²) in [4.78, 5) is 2.04. The Morgan fingerprint density at radius 3 is 2.55 bits per heavy atom. The molecular formula is C17H18INO.